The maximum atomic E-state index is 12.3. The van der Waals surface area contributed by atoms with Gasteiger partial charge in [0.15, 0.2) is 0 Å². The quantitative estimate of drug-likeness (QED) is 0.698. The Kier molecular flexibility index (Phi) is 6.03. The van der Waals surface area contributed by atoms with Crippen molar-refractivity contribution in [1.82, 2.24) is 4.98 Å². The molecule has 3 rings (SSSR count). The van der Waals surface area contributed by atoms with Crippen molar-refractivity contribution < 1.29 is 19.1 Å². The van der Waals surface area contributed by atoms with Gasteiger partial charge in [0.05, 0.1) is 18.5 Å². The van der Waals surface area contributed by atoms with E-state index in [1.165, 1.54) is 6.20 Å². The van der Waals surface area contributed by atoms with Crippen LogP contribution in [0.4, 0.5) is 11.4 Å². The van der Waals surface area contributed by atoms with Gasteiger partial charge in [-0.25, -0.2) is 4.98 Å². The predicted octanol–water partition coefficient (Wildman–Crippen LogP) is 2.95. The zero-order valence-corrected chi connectivity index (χ0v) is 15.4. The van der Waals surface area contributed by atoms with Gasteiger partial charge < -0.3 is 20.1 Å². The minimum absolute atomic E-state index is 0.0404. The Hall–Kier alpha value is -2.93. The summed E-state index contributed by atoms with van der Waals surface area (Å²) in [6.45, 7) is 2.96. The SMILES string of the molecule is COCCOc1ccc(NC(=O)c2ccc(NC(=O)C3CC3C)cc2)cn1. The number of nitrogens with zero attached hydrogens (tertiary/aromatic N) is 1. The molecule has 7 nitrogen and oxygen atoms in total. The number of benzene rings is 1. The summed E-state index contributed by atoms with van der Waals surface area (Å²) in [7, 11) is 1.60. The number of methoxy groups -OCH3 is 1. The van der Waals surface area contributed by atoms with Crippen LogP contribution in [0.1, 0.15) is 23.7 Å². The van der Waals surface area contributed by atoms with Crippen LogP contribution in [0.5, 0.6) is 5.88 Å². The van der Waals surface area contributed by atoms with Gasteiger partial charge in [0.2, 0.25) is 11.8 Å². The van der Waals surface area contributed by atoms with Crippen LogP contribution >= 0.6 is 0 Å². The normalized spacial score (nSPS) is 17.9. The molecule has 1 aliphatic rings. The molecule has 1 aliphatic carbocycles. The fourth-order valence-corrected chi connectivity index (χ4v) is 2.60. The Morgan fingerprint density at radius 1 is 1.07 bits per heavy atom. The second kappa shape index (κ2) is 8.64. The van der Waals surface area contributed by atoms with Crippen LogP contribution in [-0.2, 0) is 9.53 Å². The van der Waals surface area contributed by atoms with Gasteiger partial charge in [-0.15, -0.1) is 0 Å². The fourth-order valence-electron chi connectivity index (χ4n) is 2.60. The molecule has 1 aromatic carbocycles. The zero-order chi connectivity index (χ0) is 19.2. The molecule has 1 saturated carbocycles. The molecule has 0 spiro atoms. The lowest BCUT2D eigenvalue weighted by molar-refractivity contribution is -0.117. The number of anilines is 2. The van der Waals surface area contributed by atoms with E-state index in [1.54, 1.807) is 43.5 Å². The highest BCUT2D eigenvalue weighted by Gasteiger charge is 2.39. The average molecular weight is 369 g/mol. The molecule has 27 heavy (non-hydrogen) atoms. The van der Waals surface area contributed by atoms with Gasteiger partial charge in [0.25, 0.3) is 5.91 Å². The second-order valence-corrected chi connectivity index (χ2v) is 6.57. The van der Waals surface area contributed by atoms with Crippen LogP contribution < -0.4 is 15.4 Å². The number of carbonyl (C=O) groups excluding carboxylic acids is 2. The van der Waals surface area contributed by atoms with Gasteiger partial charge in [0.1, 0.15) is 6.61 Å². The van der Waals surface area contributed by atoms with E-state index in [4.69, 9.17) is 9.47 Å². The van der Waals surface area contributed by atoms with Gasteiger partial charge >= 0.3 is 0 Å². The molecule has 7 heteroatoms. The summed E-state index contributed by atoms with van der Waals surface area (Å²) in [4.78, 5) is 28.4. The van der Waals surface area contributed by atoms with Crippen LogP contribution in [0.3, 0.4) is 0 Å². The maximum absolute atomic E-state index is 12.3. The Bertz CT molecular complexity index is 790. The van der Waals surface area contributed by atoms with E-state index in [0.29, 0.717) is 41.9 Å². The fraction of sp³-hybridized carbons (Fsp3) is 0.350. The van der Waals surface area contributed by atoms with Gasteiger partial charge in [-0.3, -0.25) is 9.59 Å². The van der Waals surface area contributed by atoms with Crippen molar-refractivity contribution in [2.24, 2.45) is 11.8 Å². The van der Waals surface area contributed by atoms with Crippen LogP contribution in [0.2, 0.25) is 0 Å². The molecule has 2 atom stereocenters. The summed E-state index contributed by atoms with van der Waals surface area (Å²) in [5.74, 6) is 0.828. The Morgan fingerprint density at radius 2 is 1.78 bits per heavy atom. The van der Waals surface area contributed by atoms with Crippen LogP contribution in [0, 0.1) is 11.8 Å². The molecule has 1 fully saturated rings. The van der Waals surface area contributed by atoms with Gasteiger partial charge in [-0.2, -0.15) is 0 Å². The first-order valence-corrected chi connectivity index (χ1v) is 8.87. The predicted molar refractivity (Wildman–Crippen MR) is 102 cm³/mol. The van der Waals surface area contributed by atoms with Gasteiger partial charge in [0, 0.05) is 30.3 Å². The van der Waals surface area contributed by atoms with E-state index in [0.717, 1.165) is 6.42 Å². The van der Waals surface area contributed by atoms with E-state index in [2.05, 4.69) is 22.5 Å². The molecule has 0 radical (unpaired) electrons. The largest absolute Gasteiger partial charge is 0.475 e. The molecule has 2 amide bonds. The Morgan fingerprint density at radius 3 is 2.37 bits per heavy atom. The molecule has 0 aliphatic heterocycles. The van der Waals surface area contributed by atoms with Crippen LogP contribution in [0.25, 0.3) is 0 Å². The van der Waals surface area contributed by atoms with Crippen LogP contribution in [0.15, 0.2) is 42.6 Å². The van der Waals surface area contributed by atoms with Crippen molar-refractivity contribution >= 4 is 23.2 Å². The molecule has 1 heterocycles. The van der Waals surface area contributed by atoms with E-state index in [-0.39, 0.29) is 17.7 Å². The first-order valence-electron chi connectivity index (χ1n) is 8.87. The summed E-state index contributed by atoms with van der Waals surface area (Å²) >= 11 is 0. The highest BCUT2D eigenvalue weighted by Crippen LogP contribution is 2.38. The lowest BCUT2D eigenvalue weighted by atomic mass is 10.2. The van der Waals surface area contributed by atoms with Crippen molar-refractivity contribution in [3.63, 3.8) is 0 Å². The molecule has 2 N–H and O–H groups in total. The number of pyridine rings is 1. The maximum Gasteiger partial charge on any atom is 0.255 e. The van der Waals surface area contributed by atoms with Crippen molar-refractivity contribution in [3.8, 4) is 5.88 Å². The Balaban J connectivity index is 1.52. The summed E-state index contributed by atoms with van der Waals surface area (Å²) < 4.78 is 10.3. The van der Waals surface area contributed by atoms with E-state index in [1.807, 2.05) is 0 Å². The molecule has 1 aromatic heterocycles. The van der Waals surface area contributed by atoms with Gasteiger partial charge in [-0.05, 0) is 42.7 Å². The number of amides is 2. The standard InChI is InChI=1S/C20H23N3O4/c1-13-11-17(13)20(25)22-15-5-3-14(4-6-15)19(24)23-16-7-8-18(21-12-16)27-10-9-26-2/h3-8,12-13,17H,9-11H2,1-2H3,(H,22,25)(H,23,24). The minimum atomic E-state index is -0.251. The average Bonchev–Trinajstić information content (AvgIpc) is 3.41. The van der Waals surface area contributed by atoms with Crippen molar-refractivity contribution in [3.05, 3.63) is 48.2 Å². The van der Waals surface area contributed by atoms with Crippen molar-refractivity contribution in [1.29, 1.82) is 0 Å². The smallest absolute Gasteiger partial charge is 0.255 e. The number of carbonyl (C=O) groups is 2. The van der Waals surface area contributed by atoms with Crippen molar-refractivity contribution in [2.75, 3.05) is 31.0 Å². The molecular formula is C20H23N3O4. The van der Waals surface area contributed by atoms with Crippen LogP contribution in [-0.4, -0.2) is 37.1 Å². The van der Waals surface area contributed by atoms with E-state index < -0.39 is 0 Å². The zero-order valence-electron chi connectivity index (χ0n) is 15.4. The monoisotopic (exact) mass is 369 g/mol. The topological polar surface area (TPSA) is 89.5 Å². The molecule has 2 unspecified atom stereocenters. The minimum Gasteiger partial charge on any atom is -0.475 e. The lowest BCUT2D eigenvalue weighted by Crippen LogP contribution is -2.15. The molecule has 0 saturated heterocycles. The Labute approximate surface area is 158 Å². The second-order valence-electron chi connectivity index (χ2n) is 6.57. The number of nitrogens with one attached hydrogen (secondary N) is 2. The number of hydrogen-bond donors (Lipinski definition) is 2. The molecule has 0 bridgehead atoms. The summed E-state index contributed by atoms with van der Waals surface area (Å²) in [6, 6.07) is 10.2. The third-order valence-electron chi connectivity index (χ3n) is 4.39. The van der Waals surface area contributed by atoms with Gasteiger partial charge in [-0.1, -0.05) is 6.92 Å². The summed E-state index contributed by atoms with van der Waals surface area (Å²) in [6.07, 6.45) is 2.47. The summed E-state index contributed by atoms with van der Waals surface area (Å²) in [5, 5.41) is 5.65. The molecular weight excluding hydrogens is 346 g/mol. The van der Waals surface area contributed by atoms with E-state index in [9.17, 15) is 9.59 Å². The molecule has 2 aromatic rings. The van der Waals surface area contributed by atoms with E-state index >= 15 is 0 Å². The third kappa shape index (κ3) is 5.27. The summed E-state index contributed by atoms with van der Waals surface area (Å²) in [5.41, 5.74) is 1.75. The molecule has 142 valence electrons. The first kappa shape index (κ1) is 18.8. The number of hydrogen-bond acceptors (Lipinski definition) is 5. The third-order valence-corrected chi connectivity index (χ3v) is 4.39. The number of rotatable bonds is 8. The first-order chi connectivity index (χ1) is 13.1. The lowest BCUT2D eigenvalue weighted by Gasteiger charge is -2.08. The number of aromatic nitrogens is 1. The highest BCUT2D eigenvalue weighted by molar-refractivity contribution is 6.04. The van der Waals surface area contributed by atoms with Crippen molar-refractivity contribution in [2.45, 2.75) is 13.3 Å². The number of ether oxygens (including phenoxy) is 2. The highest BCUT2D eigenvalue weighted by atomic mass is 16.5.